The minimum absolute atomic E-state index is 0.00304. The van der Waals surface area contributed by atoms with Gasteiger partial charge in [0.05, 0.1) is 13.7 Å². The van der Waals surface area contributed by atoms with Crippen molar-refractivity contribution in [3.05, 3.63) is 58.1 Å². The molecule has 0 aliphatic rings. The first-order valence-electron chi connectivity index (χ1n) is 8.43. The maximum absolute atomic E-state index is 12.5. The van der Waals surface area contributed by atoms with Crippen LogP contribution in [0.25, 0.3) is 0 Å². The highest BCUT2D eigenvalue weighted by Gasteiger charge is 2.14. The predicted molar refractivity (Wildman–Crippen MR) is 106 cm³/mol. The fourth-order valence-electron chi connectivity index (χ4n) is 2.75. The molecule has 0 heterocycles. The summed E-state index contributed by atoms with van der Waals surface area (Å²) < 4.78 is 6.45. The highest BCUT2D eigenvalue weighted by atomic mass is 79.9. The molecule has 4 nitrogen and oxygen atoms in total. The number of nitrogens with one attached hydrogen (secondary N) is 1. The molecule has 0 aliphatic heterocycles. The molecule has 0 unspecified atom stereocenters. The molecule has 2 aromatic rings. The molecule has 0 bridgehead atoms. The van der Waals surface area contributed by atoms with E-state index < -0.39 is 0 Å². The zero-order chi connectivity index (χ0) is 18.2. The number of anilines is 1. The highest BCUT2D eigenvalue weighted by Crippen LogP contribution is 2.24. The summed E-state index contributed by atoms with van der Waals surface area (Å²) >= 11 is 3.50. The molecule has 0 aliphatic carbocycles. The Hall–Kier alpha value is -1.85. The molecule has 1 amide bonds. The molecule has 0 saturated heterocycles. The van der Waals surface area contributed by atoms with Crippen molar-refractivity contribution >= 4 is 27.5 Å². The monoisotopic (exact) mass is 404 g/mol. The third kappa shape index (κ3) is 5.87. The maximum Gasteiger partial charge on any atom is 0.238 e. The summed E-state index contributed by atoms with van der Waals surface area (Å²) in [5, 5.41) is 3.00. The number of para-hydroxylation sites is 1. The molecule has 25 heavy (non-hydrogen) atoms. The van der Waals surface area contributed by atoms with E-state index in [0.29, 0.717) is 13.1 Å². The molecule has 2 aromatic carbocycles. The largest absolute Gasteiger partial charge is 0.496 e. The lowest BCUT2D eigenvalue weighted by atomic mass is 10.1. The van der Waals surface area contributed by atoms with Gasteiger partial charge in [0, 0.05) is 22.3 Å². The van der Waals surface area contributed by atoms with E-state index in [0.717, 1.165) is 40.0 Å². The lowest BCUT2D eigenvalue weighted by molar-refractivity contribution is -0.117. The topological polar surface area (TPSA) is 41.6 Å². The van der Waals surface area contributed by atoms with Crippen LogP contribution in [0.15, 0.2) is 46.9 Å². The molecule has 5 heteroatoms. The van der Waals surface area contributed by atoms with Crippen LogP contribution in [0.4, 0.5) is 5.69 Å². The molecule has 0 radical (unpaired) electrons. The highest BCUT2D eigenvalue weighted by molar-refractivity contribution is 9.10. The van der Waals surface area contributed by atoms with Gasteiger partial charge in [0.2, 0.25) is 5.91 Å². The van der Waals surface area contributed by atoms with Crippen molar-refractivity contribution in [2.24, 2.45) is 0 Å². The zero-order valence-electron chi connectivity index (χ0n) is 15.0. The second-order valence-corrected chi connectivity index (χ2v) is 6.95. The van der Waals surface area contributed by atoms with E-state index in [1.165, 1.54) is 0 Å². The maximum atomic E-state index is 12.5. The van der Waals surface area contributed by atoms with Gasteiger partial charge in [-0.25, -0.2) is 0 Å². The third-order valence-corrected chi connectivity index (χ3v) is 4.46. The van der Waals surface area contributed by atoms with E-state index in [1.54, 1.807) is 7.11 Å². The van der Waals surface area contributed by atoms with Crippen LogP contribution in [0.5, 0.6) is 5.75 Å². The molecule has 1 N–H and O–H groups in total. The summed E-state index contributed by atoms with van der Waals surface area (Å²) in [4.78, 5) is 14.6. The van der Waals surface area contributed by atoms with Gasteiger partial charge in [-0.05, 0) is 49.7 Å². The first-order chi connectivity index (χ1) is 12.0. The predicted octanol–water partition coefficient (Wildman–Crippen LogP) is 4.62. The van der Waals surface area contributed by atoms with Gasteiger partial charge >= 0.3 is 0 Å². The van der Waals surface area contributed by atoms with Crippen LogP contribution in [-0.2, 0) is 11.3 Å². The Bertz CT molecular complexity index is 719. The van der Waals surface area contributed by atoms with Crippen LogP contribution in [0, 0.1) is 6.92 Å². The Kier molecular flexibility index (Phi) is 7.47. The number of rotatable bonds is 8. The smallest absolute Gasteiger partial charge is 0.238 e. The zero-order valence-corrected chi connectivity index (χ0v) is 16.6. The third-order valence-electron chi connectivity index (χ3n) is 3.96. The van der Waals surface area contributed by atoms with Gasteiger partial charge < -0.3 is 10.1 Å². The van der Waals surface area contributed by atoms with E-state index in [-0.39, 0.29) is 5.91 Å². The SMILES string of the molecule is CCCN(CC(=O)Nc1ccccc1C)Cc1cc(Br)ccc1OC. The number of halogens is 1. The number of carbonyl (C=O) groups is 1. The van der Waals surface area contributed by atoms with Crippen LogP contribution in [-0.4, -0.2) is 31.0 Å². The Morgan fingerprint density at radius 1 is 1.24 bits per heavy atom. The van der Waals surface area contributed by atoms with Crippen LogP contribution in [0.1, 0.15) is 24.5 Å². The number of hydrogen-bond acceptors (Lipinski definition) is 3. The van der Waals surface area contributed by atoms with Gasteiger partial charge in [-0.2, -0.15) is 0 Å². The van der Waals surface area contributed by atoms with E-state index in [2.05, 4.69) is 33.1 Å². The Morgan fingerprint density at radius 2 is 2.00 bits per heavy atom. The summed E-state index contributed by atoms with van der Waals surface area (Å²) in [5.41, 5.74) is 2.99. The van der Waals surface area contributed by atoms with Crippen molar-refractivity contribution in [1.29, 1.82) is 0 Å². The lowest BCUT2D eigenvalue weighted by Gasteiger charge is -2.22. The number of benzene rings is 2. The Balaban J connectivity index is 2.06. The first kappa shape index (κ1) is 19.5. The summed E-state index contributed by atoms with van der Waals surface area (Å²) in [6.07, 6.45) is 0.980. The van der Waals surface area contributed by atoms with Gasteiger partial charge in [-0.3, -0.25) is 9.69 Å². The van der Waals surface area contributed by atoms with Crippen molar-refractivity contribution in [1.82, 2.24) is 4.90 Å². The van der Waals surface area contributed by atoms with Crippen LogP contribution < -0.4 is 10.1 Å². The quantitative estimate of drug-likeness (QED) is 0.697. The normalized spacial score (nSPS) is 10.8. The van der Waals surface area contributed by atoms with Crippen molar-refractivity contribution in [3.8, 4) is 5.75 Å². The molecule has 0 atom stereocenters. The number of methoxy groups -OCH3 is 1. The first-order valence-corrected chi connectivity index (χ1v) is 9.23. The molecular formula is C20H25BrN2O2. The summed E-state index contributed by atoms with van der Waals surface area (Å²) in [5.74, 6) is 0.834. The van der Waals surface area contributed by atoms with E-state index >= 15 is 0 Å². The molecule has 0 spiro atoms. The number of amides is 1. The number of nitrogens with zero attached hydrogens (tertiary/aromatic N) is 1. The van der Waals surface area contributed by atoms with Gasteiger partial charge in [-0.15, -0.1) is 0 Å². The minimum Gasteiger partial charge on any atom is -0.496 e. The summed E-state index contributed by atoms with van der Waals surface area (Å²) in [7, 11) is 1.67. The van der Waals surface area contributed by atoms with Crippen LogP contribution >= 0.6 is 15.9 Å². The van der Waals surface area contributed by atoms with E-state index in [4.69, 9.17) is 4.74 Å². The van der Waals surface area contributed by atoms with Crippen molar-refractivity contribution in [2.45, 2.75) is 26.8 Å². The number of hydrogen-bond donors (Lipinski definition) is 1. The Labute approximate surface area is 158 Å². The average Bonchev–Trinajstić information content (AvgIpc) is 2.57. The number of aryl methyl sites for hydroxylation is 1. The van der Waals surface area contributed by atoms with E-state index in [9.17, 15) is 4.79 Å². The fraction of sp³-hybridized carbons (Fsp3) is 0.350. The second kappa shape index (κ2) is 9.59. The average molecular weight is 405 g/mol. The van der Waals surface area contributed by atoms with Crippen molar-refractivity contribution in [3.63, 3.8) is 0 Å². The van der Waals surface area contributed by atoms with Crippen molar-refractivity contribution < 1.29 is 9.53 Å². The van der Waals surface area contributed by atoms with E-state index in [1.807, 2.05) is 49.4 Å². The van der Waals surface area contributed by atoms with Crippen LogP contribution in [0.3, 0.4) is 0 Å². The molecular weight excluding hydrogens is 380 g/mol. The van der Waals surface area contributed by atoms with Gasteiger partial charge in [0.15, 0.2) is 0 Å². The molecule has 0 fully saturated rings. The van der Waals surface area contributed by atoms with Gasteiger partial charge in [0.1, 0.15) is 5.75 Å². The summed E-state index contributed by atoms with van der Waals surface area (Å²) in [6, 6.07) is 13.8. The molecule has 2 rings (SSSR count). The Morgan fingerprint density at radius 3 is 2.68 bits per heavy atom. The number of ether oxygens (including phenoxy) is 1. The second-order valence-electron chi connectivity index (χ2n) is 6.03. The fourth-order valence-corrected chi connectivity index (χ4v) is 3.16. The van der Waals surface area contributed by atoms with Gasteiger partial charge in [0.25, 0.3) is 0 Å². The number of carbonyl (C=O) groups excluding carboxylic acids is 1. The molecule has 0 saturated carbocycles. The standard InChI is InChI=1S/C20H25BrN2O2/c1-4-11-23(13-16-12-17(21)9-10-19(16)25-3)14-20(24)22-18-8-6-5-7-15(18)2/h5-10,12H,4,11,13-14H2,1-3H3,(H,22,24). The lowest BCUT2D eigenvalue weighted by Crippen LogP contribution is -2.33. The molecule has 134 valence electrons. The van der Waals surface area contributed by atoms with Gasteiger partial charge in [-0.1, -0.05) is 41.1 Å². The van der Waals surface area contributed by atoms with Crippen molar-refractivity contribution in [2.75, 3.05) is 25.5 Å². The summed E-state index contributed by atoms with van der Waals surface area (Å²) in [6.45, 7) is 5.96. The minimum atomic E-state index is -0.00304. The molecule has 0 aromatic heterocycles. The van der Waals surface area contributed by atoms with Crippen LogP contribution in [0.2, 0.25) is 0 Å².